The number of hydrogen-bond donors (Lipinski definition) is 1. The van der Waals surface area contributed by atoms with Crippen molar-refractivity contribution in [2.45, 2.75) is 40.5 Å². The van der Waals surface area contributed by atoms with Crippen molar-refractivity contribution >= 4 is 10.2 Å². The minimum absolute atomic E-state index is 0.0226. The topological polar surface area (TPSA) is 52.7 Å². The molecule has 0 atom stereocenters. The van der Waals surface area contributed by atoms with E-state index in [1.165, 1.54) is 4.31 Å². The summed E-state index contributed by atoms with van der Waals surface area (Å²) in [5, 5.41) is 3.35. The second-order valence-corrected chi connectivity index (χ2v) is 9.01. The second kappa shape index (κ2) is 7.20. The molecule has 1 N–H and O–H groups in total. The van der Waals surface area contributed by atoms with Gasteiger partial charge in [0.15, 0.2) is 0 Å². The molecule has 0 aromatic heterocycles. The molecule has 1 aliphatic rings. The monoisotopic (exact) mass is 305 g/mol. The highest BCUT2D eigenvalue weighted by Crippen LogP contribution is 2.23. The van der Waals surface area contributed by atoms with Crippen LogP contribution < -0.4 is 5.32 Å². The molecule has 0 amide bonds. The Balaban J connectivity index is 2.54. The number of nitrogens with one attached hydrogen (secondary N) is 1. The van der Waals surface area contributed by atoms with Crippen molar-refractivity contribution in [1.29, 1.82) is 0 Å². The van der Waals surface area contributed by atoms with Crippen molar-refractivity contribution in [3.05, 3.63) is 0 Å². The Morgan fingerprint density at radius 3 is 2.25 bits per heavy atom. The molecule has 0 aromatic rings. The molecule has 0 aliphatic carbocycles. The summed E-state index contributed by atoms with van der Waals surface area (Å²) < 4.78 is 28.2. The van der Waals surface area contributed by atoms with E-state index in [4.69, 9.17) is 0 Å². The molecule has 0 saturated carbocycles. The van der Waals surface area contributed by atoms with Crippen LogP contribution in [0.3, 0.4) is 0 Å². The molecule has 6 heteroatoms. The maximum absolute atomic E-state index is 12.5. The van der Waals surface area contributed by atoms with E-state index in [0.29, 0.717) is 25.6 Å². The predicted octanol–water partition coefficient (Wildman–Crippen LogP) is 1.53. The van der Waals surface area contributed by atoms with Gasteiger partial charge in [-0.25, -0.2) is 0 Å². The molecule has 0 spiro atoms. The molecular formula is C14H31N3O2S. The lowest BCUT2D eigenvalue weighted by molar-refractivity contribution is 0.240. The predicted molar refractivity (Wildman–Crippen MR) is 83.8 cm³/mol. The summed E-state index contributed by atoms with van der Waals surface area (Å²) >= 11 is 0. The summed E-state index contributed by atoms with van der Waals surface area (Å²) in [7, 11) is -1.61. The van der Waals surface area contributed by atoms with Crippen LogP contribution in [0, 0.1) is 11.3 Å². The maximum atomic E-state index is 12.5. The van der Waals surface area contributed by atoms with Crippen LogP contribution in [0.4, 0.5) is 0 Å². The minimum atomic E-state index is -3.29. The average Bonchev–Trinajstić information content (AvgIpc) is 2.34. The van der Waals surface area contributed by atoms with Crippen molar-refractivity contribution in [3.63, 3.8) is 0 Å². The highest BCUT2D eigenvalue weighted by atomic mass is 32.2. The van der Waals surface area contributed by atoms with Crippen LogP contribution >= 0.6 is 0 Å². The third-order valence-electron chi connectivity index (χ3n) is 3.67. The molecule has 0 unspecified atom stereocenters. The van der Waals surface area contributed by atoms with Gasteiger partial charge in [0.2, 0.25) is 0 Å². The zero-order valence-corrected chi connectivity index (χ0v) is 14.5. The van der Waals surface area contributed by atoms with Crippen LogP contribution in [-0.4, -0.2) is 56.8 Å². The second-order valence-electron chi connectivity index (χ2n) is 6.97. The first kappa shape index (κ1) is 17.9. The van der Waals surface area contributed by atoms with Crippen LogP contribution in [0.1, 0.15) is 40.5 Å². The number of rotatable bonds is 6. The zero-order valence-electron chi connectivity index (χ0n) is 13.6. The van der Waals surface area contributed by atoms with E-state index >= 15 is 0 Å². The summed E-state index contributed by atoms with van der Waals surface area (Å²) in [4.78, 5) is 0. The summed E-state index contributed by atoms with van der Waals surface area (Å²) in [6, 6.07) is 0. The Hall–Kier alpha value is -0.170. The van der Waals surface area contributed by atoms with Crippen LogP contribution in [0.25, 0.3) is 0 Å². The van der Waals surface area contributed by atoms with E-state index in [0.717, 1.165) is 25.9 Å². The fraction of sp³-hybridized carbons (Fsp3) is 1.00. The van der Waals surface area contributed by atoms with Crippen LogP contribution in [-0.2, 0) is 10.2 Å². The quantitative estimate of drug-likeness (QED) is 0.810. The average molecular weight is 305 g/mol. The van der Waals surface area contributed by atoms with Gasteiger partial charge in [-0.05, 0) is 37.3 Å². The van der Waals surface area contributed by atoms with Gasteiger partial charge in [-0.3, -0.25) is 0 Å². The Morgan fingerprint density at radius 2 is 1.80 bits per heavy atom. The third-order valence-corrected chi connectivity index (χ3v) is 5.61. The molecule has 1 fully saturated rings. The molecule has 1 heterocycles. The first-order valence-corrected chi connectivity index (χ1v) is 8.98. The van der Waals surface area contributed by atoms with Gasteiger partial charge in [0.25, 0.3) is 10.2 Å². The number of nitrogens with zero attached hydrogens (tertiary/aromatic N) is 2. The maximum Gasteiger partial charge on any atom is 0.281 e. The Kier molecular flexibility index (Phi) is 6.44. The Bertz CT molecular complexity index is 382. The first-order chi connectivity index (χ1) is 9.16. The van der Waals surface area contributed by atoms with Gasteiger partial charge in [-0.1, -0.05) is 27.7 Å². The fourth-order valence-corrected chi connectivity index (χ4v) is 4.26. The summed E-state index contributed by atoms with van der Waals surface area (Å²) in [5.41, 5.74) is -0.0226. The summed E-state index contributed by atoms with van der Waals surface area (Å²) in [6.45, 7) is 12.1. The van der Waals surface area contributed by atoms with Crippen LogP contribution in [0.15, 0.2) is 0 Å². The highest BCUT2D eigenvalue weighted by molar-refractivity contribution is 7.86. The SMILES string of the molecule is CCNCC1CCN(S(=O)(=O)N(C)CC(C)(C)C)CC1. The lowest BCUT2D eigenvalue weighted by atomic mass is 9.97. The molecule has 0 radical (unpaired) electrons. The van der Waals surface area contributed by atoms with Crippen molar-refractivity contribution in [2.75, 3.05) is 39.8 Å². The van der Waals surface area contributed by atoms with Gasteiger partial charge < -0.3 is 5.32 Å². The molecule has 20 heavy (non-hydrogen) atoms. The minimum Gasteiger partial charge on any atom is -0.317 e. The number of piperidine rings is 1. The normalized spacial score (nSPS) is 19.7. The molecule has 1 rings (SSSR count). The Labute approximate surface area is 124 Å². The van der Waals surface area contributed by atoms with E-state index in [2.05, 4.69) is 33.0 Å². The van der Waals surface area contributed by atoms with Crippen molar-refractivity contribution in [1.82, 2.24) is 13.9 Å². The van der Waals surface area contributed by atoms with Crippen molar-refractivity contribution in [2.24, 2.45) is 11.3 Å². The van der Waals surface area contributed by atoms with E-state index in [-0.39, 0.29) is 5.41 Å². The first-order valence-electron chi connectivity index (χ1n) is 7.59. The van der Waals surface area contributed by atoms with Crippen LogP contribution in [0.2, 0.25) is 0 Å². The smallest absolute Gasteiger partial charge is 0.281 e. The molecule has 0 bridgehead atoms. The third kappa shape index (κ3) is 5.31. The molecule has 1 aliphatic heterocycles. The summed E-state index contributed by atoms with van der Waals surface area (Å²) in [5.74, 6) is 0.606. The van der Waals surface area contributed by atoms with Gasteiger partial charge in [0, 0.05) is 26.7 Å². The van der Waals surface area contributed by atoms with Gasteiger partial charge >= 0.3 is 0 Å². The highest BCUT2D eigenvalue weighted by Gasteiger charge is 2.32. The standard InChI is InChI=1S/C14H31N3O2S/c1-6-15-11-13-7-9-17(10-8-13)20(18,19)16(5)12-14(2,3)4/h13,15H,6-12H2,1-5H3. The van der Waals surface area contributed by atoms with E-state index in [1.54, 1.807) is 11.4 Å². The zero-order chi connectivity index (χ0) is 15.4. The van der Waals surface area contributed by atoms with E-state index < -0.39 is 10.2 Å². The van der Waals surface area contributed by atoms with Gasteiger partial charge in [0.05, 0.1) is 0 Å². The Morgan fingerprint density at radius 1 is 1.25 bits per heavy atom. The molecule has 1 saturated heterocycles. The molecule has 0 aromatic carbocycles. The molecule has 120 valence electrons. The van der Waals surface area contributed by atoms with Gasteiger partial charge in [-0.15, -0.1) is 0 Å². The van der Waals surface area contributed by atoms with Crippen molar-refractivity contribution < 1.29 is 8.42 Å². The lowest BCUT2D eigenvalue weighted by Crippen LogP contribution is -2.48. The summed E-state index contributed by atoms with van der Waals surface area (Å²) in [6.07, 6.45) is 1.91. The fourth-order valence-electron chi connectivity index (χ4n) is 2.64. The molecular weight excluding hydrogens is 274 g/mol. The van der Waals surface area contributed by atoms with E-state index in [9.17, 15) is 8.42 Å². The van der Waals surface area contributed by atoms with Crippen molar-refractivity contribution in [3.8, 4) is 0 Å². The lowest BCUT2D eigenvalue weighted by Gasteiger charge is -2.35. The molecule has 5 nitrogen and oxygen atoms in total. The van der Waals surface area contributed by atoms with Gasteiger partial charge in [0.1, 0.15) is 0 Å². The van der Waals surface area contributed by atoms with E-state index in [1.807, 2.05) is 0 Å². The largest absolute Gasteiger partial charge is 0.317 e. The van der Waals surface area contributed by atoms with Crippen LogP contribution in [0.5, 0.6) is 0 Å². The van der Waals surface area contributed by atoms with Gasteiger partial charge in [-0.2, -0.15) is 17.0 Å². The number of hydrogen-bond acceptors (Lipinski definition) is 3.